The van der Waals surface area contributed by atoms with Gasteiger partial charge in [0.1, 0.15) is 6.04 Å². The highest BCUT2D eigenvalue weighted by Crippen LogP contribution is 2.26. The molecule has 0 spiro atoms. The predicted octanol–water partition coefficient (Wildman–Crippen LogP) is 1.13. The molecule has 0 fully saturated rings. The van der Waals surface area contributed by atoms with Crippen molar-refractivity contribution in [3.63, 3.8) is 0 Å². The number of rotatable bonds is 13. The van der Waals surface area contributed by atoms with Crippen LogP contribution in [0, 0.1) is 5.92 Å². The average molecular weight is 464 g/mol. The molecule has 0 aliphatic heterocycles. The molecule has 33 heavy (non-hydrogen) atoms. The van der Waals surface area contributed by atoms with Crippen molar-refractivity contribution in [1.29, 1.82) is 0 Å². The van der Waals surface area contributed by atoms with Gasteiger partial charge in [-0.1, -0.05) is 19.9 Å². The zero-order chi connectivity index (χ0) is 24.8. The Kier molecular flexibility index (Phi) is 12.1. The number of carbonyl (C=O) groups excluding carboxylic acids is 4. The third kappa shape index (κ3) is 10.5. The second kappa shape index (κ2) is 14.5. The number of nitrogens with one attached hydrogen (secondary N) is 3. The first kappa shape index (κ1) is 27.5. The molecule has 0 saturated heterocycles. The molecule has 0 radical (unpaired) electrons. The SMILES string of the molecule is CCOC(=O)CCCNC(=O)[C@@H](NC(=O)CNC(=O)/C=C/c1ccc(O)c(OC)c1)C(C)C. The van der Waals surface area contributed by atoms with Crippen LogP contribution in [0.5, 0.6) is 11.5 Å². The number of phenolic OH excluding ortho intramolecular Hbond substituents is 1. The Balaban J connectivity index is 2.47. The summed E-state index contributed by atoms with van der Waals surface area (Å²) in [6, 6.07) is 3.83. The zero-order valence-electron chi connectivity index (χ0n) is 19.5. The summed E-state index contributed by atoms with van der Waals surface area (Å²) in [7, 11) is 1.42. The predicted molar refractivity (Wildman–Crippen MR) is 122 cm³/mol. The van der Waals surface area contributed by atoms with Gasteiger partial charge in [-0.25, -0.2) is 0 Å². The number of amides is 3. The highest BCUT2D eigenvalue weighted by Gasteiger charge is 2.23. The first-order chi connectivity index (χ1) is 15.7. The summed E-state index contributed by atoms with van der Waals surface area (Å²) < 4.78 is 9.83. The third-order valence-electron chi connectivity index (χ3n) is 4.48. The molecule has 0 aromatic heterocycles. The monoisotopic (exact) mass is 463 g/mol. The minimum Gasteiger partial charge on any atom is -0.504 e. The first-order valence-electron chi connectivity index (χ1n) is 10.7. The summed E-state index contributed by atoms with van der Waals surface area (Å²) >= 11 is 0. The molecule has 1 aromatic carbocycles. The van der Waals surface area contributed by atoms with Gasteiger partial charge in [-0.2, -0.15) is 0 Å². The third-order valence-corrected chi connectivity index (χ3v) is 4.48. The number of methoxy groups -OCH3 is 1. The second-order valence-electron chi connectivity index (χ2n) is 7.47. The van der Waals surface area contributed by atoms with Crippen LogP contribution in [0.1, 0.15) is 39.2 Å². The van der Waals surface area contributed by atoms with Crippen LogP contribution in [0.25, 0.3) is 6.08 Å². The molecule has 4 N–H and O–H groups in total. The van der Waals surface area contributed by atoms with E-state index in [2.05, 4.69) is 16.0 Å². The van der Waals surface area contributed by atoms with Crippen molar-refractivity contribution in [1.82, 2.24) is 16.0 Å². The quantitative estimate of drug-likeness (QED) is 0.195. The van der Waals surface area contributed by atoms with E-state index in [0.29, 0.717) is 18.6 Å². The van der Waals surface area contributed by atoms with Gasteiger partial charge in [0.25, 0.3) is 0 Å². The van der Waals surface area contributed by atoms with Crippen LogP contribution in [0.15, 0.2) is 24.3 Å². The highest BCUT2D eigenvalue weighted by atomic mass is 16.5. The van der Waals surface area contributed by atoms with Gasteiger partial charge in [-0.3, -0.25) is 19.2 Å². The Bertz CT molecular complexity index is 852. The van der Waals surface area contributed by atoms with Crippen molar-refractivity contribution in [3.8, 4) is 11.5 Å². The normalized spacial score (nSPS) is 11.7. The molecule has 10 heteroatoms. The van der Waals surface area contributed by atoms with E-state index in [-0.39, 0.29) is 48.8 Å². The van der Waals surface area contributed by atoms with Gasteiger partial charge in [-0.05, 0) is 43.0 Å². The molecule has 0 unspecified atom stereocenters. The smallest absolute Gasteiger partial charge is 0.305 e. The van der Waals surface area contributed by atoms with E-state index < -0.39 is 17.9 Å². The number of hydrogen-bond acceptors (Lipinski definition) is 7. The standard InChI is InChI=1S/C23H33N3O7/c1-5-33-21(30)7-6-12-24-23(31)22(15(2)3)26-20(29)14-25-19(28)11-9-16-8-10-17(27)18(13-16)32-4/h8-11,13,15,22,27H,5-7,12,14H2,1-4H3,(H,24,31)(H,25,28)(H,26,29)/b11-9+/t22-/m0/s1. The van der Waals surface area contributed by atoms with E-state index >= 15 is 0 Å². The van der Waals surface area contributed by atoms with Crippen LogP contribution >= 0.6 is 0 Å². The molecule has 0 heterocycles. The number of aromatic hydroxyl groups is 1. The van der Waals surface area contributed by atoms with E-state index in [1.807, 2.05) is 0 Å². The Morgan fingerprint density at radius 3 is 2.52 bits per heavy atom. The fraction of sp³-hybridized carbons (Fsp3) is 0.478. The lowest BCUT2D eigenvalue weighted by atomic mass is 10.0. The fourth-order valence-electron chi connectivity index (χ4n) is 2.74. The van der Waals surface area contributed by atoms with Crippen LogP contribution in [-0.4, -0.2) is 61.6 Å². The van der Waals surface area contributed by atoms with E-state index in [0.717, 1.165) is 0 Å². The maximum Gasteiger partial charge on any atom is 0.305 e. The van der Waals surface area contributed by atoms with Crippen LogP contribution in [0.4, 0.5) is 0 Å². The Labute approximate surface area is 193 Å². The van der Waals surface area contributed by atoms with Crippen LogP contribution < -0.4 is 20.7 Å². The minimum absolute atomic E-state index is 0.0153. The number of ether oxygens (including phenoxy) is 2. The molecule has 0 aliphatic rings. The topological polar surface area (TPSA) is 143 Å². The number of esters is 1. The maximum atomic E-state index is 12.4. The Hall–Kier alpha value is -3.56. The van der Waals surface area contributed by atoms with Crippen molar-refractivity contribution in [2.45, 2.75) is 39.7 Å². The van der Waals surface area contributed by atoms with E-state index in [1.165, 1.54) is 25.3 Å². The van der Waals surface area contributed by atoms with Crippen molar-refractivity contribution >= 4 is 29.8 Å². The molecule has 1 atom stereocenters. The molecule has 1 aromatic rings. The average Bonchev–Trinajstić information content (AvgIpc) is 2.78. The second-order valence-corrected chi connectivity index (χ2v) is 7.47. The molecule has 1 rings (SSSR count). The molecular weight excluding hydrogens is 430 g/mol. The molecule has 0 bridgehead atoms. The van der Waals surface area contributed by atoms with Gasteiger partial charge in [0, 0.05) is 19.0 Å². The van der Waals surface area contributed by atoms with Gasteiger partial charge in [-0.15, -0.1) is 0 Å². The van der Waals surface area contributed by atoms with Gasteiger partial charge < -0.3 is 30.5 Å². The summed E-state index contributed by atoms with van der Waals surface area (Å²) in [5.41, 5.74) is 0.628. The molecule has 3 amide bonds. The number of phenols is 1. The summed E-state index contributed by atoms with van der Waals surface area (Å²) in [6.07, 6.45) is 3.38. The van der Waals surface area contributed by atoms with Gasteiger partial charge in [0.2, 0.25) is 17.7 Å². The number of hydrogen-bond donors (Lipinski definition) is 4. The minimum atomic E-state index is -0.781. The zero-order valence-corrected chi connectivity index (χ0v) is 19.5. The largest absolute Gasteiger partial charge is 0.504 e. The number of carbonyl (C=O) groups is 4. The maximum absolute atomic E-state index is 12.4. The van der Waals surface area contributed by atoms with Crippen LogP contribution in [-0.2, 0) is 23.9 Å². The van der Waals surface area contributed by atoms with E-state index in [4.69, 9.17) is 9.47 Å². The molecule has 182 valence electrons. The Morgan fingerprint density at radius 1 is 1.15 bits per heavy atom. The van der Waals surface area contributed by atoms with E-state index in [9.17, 15) is 24.3 Å². The summed E-state index contributed by atoms with van der Waals surface area (Å²) in [4.78, 5) is 47.9. The Morgan fingerprint density at radius 2 is 1.88 bits per heavy atom. The summed E-state index contributed by atoms with van der Waals surface area (Å²) in [6.45, 7) is 5.58. The van der Waals surface area contributed by atoms with Crippen LogP contribution in [0.2, 0.25) is 0 Å². The lowest BCUT2D eigenvalue weighted by molar-refractivity contribution is -0.143. The van der Waals surface area contributed by atoms with Crippen molar-refractivity contribution in [3.05, 3.63) is 29.8 Å². The fourth-order valence-corrected chi connectivity index (χ4v) is 2.74. The molecular formula is C23H33N3O7. The molecule has 10 nitrogen and oxygen atoms in total. The van der Waals surface area contributed by atoms with E-state index in [1.54, 1.807) is 32.9 Å². The van der Waals surface area contributed by atoms with Gasteiger partial charge in [0.05, 0.1) is 20.3 Å². The summed E-state index contributed by atoms with van der Waals surface area (Å²) in [5, 5.41) is 17.3. The van der Waals surface area contributed by atoms with Crippen LogP contribution in [0.3, 0.4) is 0 Å². The van der Waals surface area contributed by atoms with Crippen molar-refractivity contribution in [2.24, 2.45) is 5.92 Å². The molecule has 0 saturated carbocycles. The van der Waals surface area contributed by atoms with Crippen molar-refractivity contribution < 1.29 is 33.8 Å². The first-order valence-corrected chi connectivity index (χ1v) is 10.7. The van der Waals surface area contributed by atoms with Gasteiger partial charge in [0.15, 0.2) is 11.5 Å². The lowest BCUT2D eigenvalue weighted by Crippen LogP contribution is -2.52. The molecule has 0 aliphatic carbocycles. The summed E-state index contributed by atoms with van der Waals surface area (Å²) in [5.74, 6) is -1.62. The highest BCUT2D eigenvalue weighted by molar-refractivity contribution is 5.95. The lowest BCUT2D eigenvalue weighted by Gasteiger charge is -2.21. The van der Waals surface area contributed by atoms with Gasteiger partial charge >= 0.3 is 5.97 Å². The van der Waals surface area contributed by atoms with Crippen molar-refractivity contribution in [2.75, 3.05) is 26.8 Å². The number of benzene rings is 1.